The van der Waals surface area contributed by atoms with Gasteiger partial charge < -0.3 is 10.1 Å². The molecule has 0 aromatic heterocycles. The molecular weight excluding hydrogens is 448 g/mol. The minimum atomic E-state index is -0.894. The topological polar surface area (TPSA) is 117 Å². The van der Waals surface area contributed by atoms with Gasteiger partial charge in [0.15, 0.2) is 0 Å². The Morgan fingerprint density at radius 1 is 1.21 bits per heavy atom. The quantitative estimate of drug-likeness (QED) is 0.302. The highest BCUT2D eigenvalue weighted by Crippen LogP contribution is 2.37. The second kappa shape index (κ2) is 10.9. The third-order valence-electron chi connectivity index (χ3n) is 6.37. The van der Waals surface area contributed by atoms with Crippen LogP contribution >= 0.6 is 11.6 Å². The van der Waals surface area contributed by atoms with Crippen LogP contribution in [0.2, 0.25) is 5.02 Å². The van der Waals surface area contributed by atoms with Crippen molar-refractivity contribution in [3.63, 3.8) is 0 Å². The average molecular weight is 479 g/mol. The van der Waals surface area contributed by atoms with Crippen molar-refractivity contribution < 1.29 is 23.9 Å². The van der Waals surface area contributed by atoms with Gasteiger partial charge in [0.1, 0.15) is 17.8 Å². The first-order chi connectivity index (χ1) is 15.7. The molecule has 180 valence electrons. The molecule has 1 aromatic carbocycles. The number of nitrogens with zero attached hydrogens (tertiary/aromatic N) is 1. The van der Waals surface area contributed by atoms with Crippen molar-refractivity contribution in [3.8, 4) is 5.75 Å². The molecule has 33 heavy (non-hydrogen) atoms. The predicted molar refractivity (Wildman–Crippen MR) is 122 cm³/mol. The van der Waals surface area contributed by atoms with Gasteiger partial charge in [0.05, 0.1) is 6.61 Å². The fourth-order valence-electron chi connectivity index (χ4n) is 4.31. The number of benzene rings is 1. The highest BCUT2D eigenvalue weighted by atomic mass is 35.5. The molecule has 1 saturated carbocycles. The molecule has 0 unspecified atom stereocenters. The van der Waals surface area contributed by atoms with Crippen LogP contribution in [0.25, 0.3) is 0 Å². The fourth-order valence-corrected chi connectivity index (χ4v) is 4.54. The van der Waals surface area contributed by atoms with Gasteiger partial charge in [-0.2, -0.15) is 0 Å². The summed E-state index contributed by atoms with van der Waals surface area (Å²) < 4.78 is 5.63. The van der Waals surface area contributed by atoms with Gasteiger partial charge in [0.2, 0.25) is 5.91 Å². The van der Waals surface area contributed by atoms with Gasteiger partial charge in [-0.15, -0.1) is 0 Å². The number of hydrogen-bond donors (Lipinski definition) is 3. The average Bonchev–Trinajstić information content (AvgIpc) is 3.01. The fraction of sp³-hybridized carbons (Fsp3) is 0.565. The molecule has 5 amide bonds. The van der Waals surface area contributed by atoms with E-state index < -0.39 is 29.9 Å². The summed E-state index contributed by atoms with van der Waals surface area (Å²) in [4.78, 5) is 50.3. The number of halogens is 1. The lowest BCUT2D eigenvalue weighted by Crippen LogP contribution is -2.51. The van der Waals surface area contributed by atoms with Crippen LogP contribution in [-0.2, 0) is 14.4 Å². The number of aryl methyl sites for hydroxylation is 1. The van der Waals surface area contributed by atoms with Crippen LogP contribution < -0.4 is 20.9 Å². The number of carbonyl (C=O) groups excluding carboxylic acids is 4. The van der Waals surface area contributed by atoms with Crippen LogP contribution in [0.15, 0.2) is 18.2 Å². The van der Waals surface area contributed by atoms with Crippen molar-refractivity contribution in [3.05, 3.63) is 28.8 Å². The Morgan fingerprint density at radius 2 is 1.91 bits per heavy atom. The normalized spacial score (nSPS) is 22.3. The summed E-state index contributed by atoms with van der Waals surface area (Å²) in [5, 5.41) is 3.41. The zero-order valence-electron chi connectivity index (χ0n) is 19.0. The summed E-state index contributed by atoms with van der Waals surface area (Å²) in [6.07, 6.45) is 4.55. The second-order valence-electron chi connectivity index (χ2n) is 8.71. The molecule has 9 nitrogen and oxygen atoms in total. The SMILES string of the molecule is CCC1CCC2(CC1)NC(=O)N(CC(=O)NNC(=O)CCCOc1ccc(Cl)cc1C)C2=O. The smallest absolute Gasteiger partial charge is 0.325 e. The maximum absolute atomic E-state index is 12.8. The van der Waals surface area contributed by atoms with Gasteiger partial charge in [-0.1, -0.05) is 24.9 Å². The zero-order valence-corrected chi connectivity index (χ0v) is 19.8. The van der Waals surface area contributed by atoms with Gasteiger partial charge in [-0.3, -0.25) is 30.1 Å². The summed E-state index contributed by atoms with van der Waals surface area (Å²) in [5.41, 5.74) is 4.58. The van der Waals surface area contributed by atoms with Crippen molar-refractivity contribution in [1.82, 2.24) is 21.1 Å². The lowest BCUT2D eigenvalue weighted by atomic mass is 9.75. The molecule has 1 aromatic rings. The summed E-state index contributed by atoms with van der Waals surface area (Å²) >= 11 is 5.91. The van der Waals surface area contributed by atoms with Gasteiger partial charge >= 0.3 is 6.03 Å². The number of hydrazine groups is 1. The number of ether oxygens (including phenoxy) is 1. The predicted octanol–water partition coefficient (Wildman–Crippen LogP) is 2.85. The first-order valence-corrected chi connectivity index (χ1v) is 11.7. The van der Waals surface area contributed by atoms with Crippen molar-refractivity contribution in [1.29, 1.82) is 0 Å². The molecule has 1 aliphatic heterocycles. The highest BCUT2D eigenvalue weighted by Gasteiger charge is 2.52. The highest BCUT2D eigenvalue weighted by molar-refractivity contribution is 6.30. The van der Waals surface area contributed by atoms with E-state index in [-0.39, 0.29) is 12.3 Å². The van der Waals surface area contributed by atoms with E-state index in [1.54, 1.807) is 18.2 Å². The first-order valence-electron chi connectivity index (χ1n) is 11.3. The molecular formula is C23H31ClN4O5. The van der Waals surface area contributed by atoms with Gasteiger partial charge in [-0.05, 0) is 68.7 Å². The molecule has 10 heteroatoms. The maximum atomic E-state index is 12.8. The number of rotatable bonds is 8. The minimum Gasteiger partial charge on any atom is -0.493 e. The van der Waals surface area contributed by atoms with E-state index in [1.165, 1.54) is 0 Å². The van der Waals surface area contributed by atoms with E-state index in [0.717, 1.165) is 29.7 Å². The van der Waals surface area contributed by atoms with E-state index in [1.807, 2.05) is 6.92 Å². The number of imide groups is 1. The number of carbonyl (C=O) groups is 4. The van der Waals surface area contributed by atoms with Crippen molar-refractivity contribution in [2.24, 2.45) is 5.92 Å². The Labute approximate surface area is 198 Å². The lowest BCUT2D eigenvalue weighted by Gasteiger charge is -2.34. The van der Waals surface area contributed by atoms with Gasteiger partial charge in [-0.25, -0.2) is 4.79 Å². The van der Waals surface area contributed by atoms with E-state index in [9.17, 15) is 19.2 Å². The summed E-state index contributed by atoms with van der Waals surface area (Å²) in [5.74, 6) is -0.139. The first kappa shape index (κ1) is 24.8. The van der Waals surface area contributed by atoms with Crippen molar-refractivity contribution in [2.75, 3.05) is 13.2 Å². The largest absolute Gasteiger partial charge is 0.493 e. The van der Waals surface area contributed by atoms with Crippen LogP contribution in [0.3, 0.4) is 0 Å². The van der Waals surface area contributed by atoms with Crippen molar-refractivity contribution >= 4 is 35.4 Å². The van der Waals surface area contributed by atoms with Crippen LogP contribution in [0.1, 0.15) is 57.4 Å². The minimum absolute atomic E-state index is 0.137. The van der Waals surface area contributed by atoms with Crippen LogP contribution in [-0.4, -0.2) is 47.3 Å². The molecule has 0 radical (unpaired) electrons. The Bertz CT molecular complexity index is 914. The molecule has 1 saturated heterocycles. The van der Waals surface area contributed by atoms with E-state index in [0.29, 0.717) is 42.6 Å². The number of hydrogen-bond acceptors (Lipinski definition) is 5. The monoisotopic (exact) mass is 478 g/mol. The zero-order chi connectivity index (χ0) is 24.0. The van der Waals surface area contributed by atoms with E-state index >= 15 is 0 Å². The maximum Gasteiger partial charge on any atom is 0.325 e. The molecule has 2 aliphatic rings. The van der Waals surface area contributed by atoms with Crippen LogP contribution in [0.4, 0.5) is 4.79 Å². The Morgan fingerprint density at radius 3 is 2.58 bits per heavy atom. The molecule has 0 bridgehead atoms. The Balaban J connectivity index is 1.37. The summed E-state index contributed by atoms with van der Waals surface area (Å²) in [6, 6.07) is 4.73. The third kappa shape index (κ3) is 6.16. The summed E-state index contributed by atoms with van der Waals surface area (Å²) in [6.45, 7) is 3.89. The van der Waals surface area contributed by atoms with E-state index in [2.05, 4.69) is 23.1 Å². The summed E-state index contributed by atoms with van der Waals surface area (Å²) in [7, 11) is 0. The Kier molecular flexibility index (Phi) is 8.18. The molecule has 1 heterocycles. The molecule has 1 spiro atoms. The van der Waals surface area contributed by atoms with Gasteiger partial charge in [0.25, 0.3) is 11.8 Å². The second-order valence-corrected chi connectivity index (χ2v) is 9.15. The van der Waals surface area contributed by atoms with Crippen LogP contribution in [0, 0.1) is 12.8 Å². The van der Waals surface area contributed by atoms with Crippen LogP contribution in [0.5, 0.6) is 5.75 Å². The molecule has 0 atom stereocenters. The Hall–Kier alpha value is -2.81. The number of amides is 5. The molecule has 1 aliphatic carbocycles. The number of urea groups is 1. The molecule has 3 N–H and O–H groups in total. The standard InChI is InChI=1S/C23H31ClN4O5/c1-3-16-8-10-23(11-9-16)21(31)28(22(32)25-23)14-20(30)27-26-19(29)5-4-12-33-18-7-6-17(24)13-15(18)2/h6-7,13,16H,3-5,8-12,14H2,1-2H3,(H,25,32)(H,26,29)(H,27,30). The van der Waals surface area contributed by atoms with Crippen molar-refractivity contribution in [2.45, 2.75) is 64.3 Å². The van der Waals surface area contributed by atoms with Gasteiger partial charge in [0, 0.05) is 11.4 Å². The van der Waals surface area contributed by atoms with E-state index in [4.69, 9.17) is 16.3 Å². The molecule has 2 fully saturated rings. The number of nitrogens with one attached hydrogen (secondary N) is 3. The molecule has 3 rings (SSSR count). The third-order valence-corrected chi connectivity index (χ3v) is 6.60. The lowest BCUT2D eigenvalue weighted by molar-refractivity contribution is -0.136.